The summed E-state index contributed by atoms with van der Waals surface area (Å²) in [5.41, 5.74) is 2.11. The third-order valence-corrected chi connectivity index (χ3v) is 5.05. The van der Waals surface area contributed by atoms with E-state index in [0.717, 1.165) is 5.56 Å². The molecule has 0 aliphatic carbocycles. The fourth-order valence-electron chi connectivity index (χ4n) is 2.54. The minimum absolute atomic E-state index is 0.172. The molecule has 2 aromatic carbocycles. The van der Waals surface area contributed by atoms with E-state index in [0.29, 0.717) is 27.5 Å². The number of benzene rings is 2. The molecule has 0 spiro atoms. The van der Waals surface area contributed by atoms with Crippen molar-refractivity contribution in [2.24, 2.45) is 0 Å². The van der Waals surface area contributed by atoms with Gasteiger partial charge in [-0.2, -0.15) is 0 Å². The number of hydrogen-bond acceptors (Lipinski definition) is 3. The van der Waals surface area contributed by atoms with E-state index in [1.54, 1.807) is 18.2 Å². The van der Waals surface area contributed by atoms with Crippen LogP contribution in [0.15, 0.2) is 47.3 Å². The van der Waals surface area contributed by atoms with Gasteiger partial charge in [0.1, 0.15) is 5.82 Å². The molecule has 1 aromatic heterocycles. The van der Waals surface area contributed by atoms with E-state index in [1.807, 2.05) is 13.0 Å². The van der Waals surface area contributed by atoms with Crippen LogP contribution in [0, 0.1) is 12.7 Å². The van der Waals surface area contributed by atoms with E-state index in [-0.39, 0.29) is 22.6 Å². The van der Waals surface area contributed by atoms with Gasteiger partial charge < -0.3 is 10.3 Å². The lowest BCUT2D eigenvalue weighted by Crippen LogP contribution is -2.15. The summed E-state index contributed by atoms with van der Waals surface area (Å²) < 4.78 is 13.9. The number of para-hydroxylation sites is 1. The van der Waals surface area contributed by atoms with Gasteiger partial charge in [0.25, 0.3) is 0 Å². The third kappa shape index (κ3) is 4.26. The van der Waals surface area contributed by atoms with E-state index in [2.05, 4.69) is 10.3 Å². The summed E-state index contributed by atoms with van der Waals surface area (Å²) >= 11 is 7.27. The monoisotopic (exact) mass is 390 g/mol. The number of H-pyrrole nitrogens is 1. The predicted octanol–water partition coefficient (Wildman–Crippen LogP) is 4.50. The molecular weight excluding hydrogens is 375 g/mol. The zero-order valence-corrected chi connectivity index (χ0v) is 15.5. The van der Waals surface area contributed by atoms with E-state index < -0.39 is 5.82 Å². The van der Waals surface area contributed by atoms with E-state index >= 15 is 0 Å². The predicted molar refractivity (Wildman–Crippen MR) is 106 cm³/mol. The summed E-state index contributed by atoms with van der Waals surface area (Å²) in [6, 6.07) is 11.1. The molecule has 134 valence electrons. The minimum atomic E-state index is -0.472. The quantitative estimate of drug-likeness (QED) is 0.674. The van der Waals surface area contributed by atoms with Crippen LogP contribution in [0.5, 0.6) is 0 Å². The lowest BCUT2D eigenvalue weighted by Gasteiger charge is -2.09. The molecule has 0 atom stereocenters. The Bertz CT molecular complexity index is 1040. The first-order valence-corrected chi connectivity index (χ1v) is 9.41. The largest absolute Gasteiger partial charge is 0.355 e. The zero-order chi connectivity index (χ0) is 18.7. The number of carbonyl (C=O) groups excluding carboxylic acids is 1. The van der Waals surface area contributed by atoms with Gasteiger partial charge in [0.05, 0.1) is 11.3 Å². The molecule has 0 bridgehead atoms. The van der Waals surface area contributed by atoms with Crippen LogP contribution < -0.4 is 10.7 Å². The Morgan fingerprint density at radius 2 is 2.08 bits per heavy atom. The van der Waals surface area contributed by atoms with Gasteiger partial charge >= 0.3 is 0 Å². The van der Waals surface area contributed by atoms with Gasteiger partial charge in [-0.15, -0.1) is 11.8 Å². The van der Waals surface area contributed by atoms with E-state index in [4.69, 9.17) is 11.6 Å². The van der Waals surface area contributed by atoms with Crippen molar-refractivity contribution >= 4 is 45.9 Å². The van der Waals surface area contributed by atoms with Gasteiger partial charge in [0, 0.05) is 33.6 Å². The maximum atomic E-state index is 13.9. The molecule has 0 saturated carbocycles. The molecule has 0 fully saturated rings. The molecule has 26 heavy (non-hydrogen) atoms. The molecule has 0 aliphatic heterocycles. The second kappa shape index (κ2) is 7.93. The highest BCUT2D eigenvalue weighted by Gasteiger charge is 2.09. The summed E-state index contributed by atoms with van der Waals surface area (Å²) in [7, 11) is 0. The number of anilines is 1. The number of carbonyl (C=O) groups is 1. The highest BCUT2D eigenvalue weighted by atomic mass is 35.5. The van der Waals surface area contributed by atoms with Crippen LogP contribution in [0.25, 0.3) is 10.9 Å². The molecule has 3 rings (SSSR count). The molecule has 0 aliphatic rings. The van der Waals surface area contributed by atoms with Crippen LogP contribution in [-0.4, -0.2) is 16.6 Å². The first kappa shape index (κ1) is 18.5. The Hall–Kier alpha value is -2.31. The summed E-state index contributed by atoms with van der Waals surface area (Å²) in [5.74, 6) is -0.0552. The Morgan fingerprint density at radius 3 is 2.88 bits per heavy atom. The van der Waals surface area contributed by atoms with Gasteiger partial charge in [-0.3, -0.25) is 9.59 Å². The fourth-order valence-corrected chi connectivity index (χ4v) is 3.44. The standard InChI is InChI=1S/C19H16ClFN2O2S/c1-11-5-6-12(20)7-16(11)23-18(25)10-26-9-13-8-17(24)14-3-2-4-15(21)19(14)22-13/h2-8H,9-10H2,1H3,(H,22,24)(H,23,25). The van der Waals surface area contributed by atoms with E-state index in [9.17, 15) is 14.0 Å². The van der Waals surface area contributed by atoms with Gasteiger partial charge in [0.15, 0.2) is 5.43 Å². The van der Waals surface area contributed by atoms with Crippen molar-refractivity contribution in [1.29, 1.82) is 0 Å². The van der Waals surface area contributed by atoms with Crippen molar-refractivity contribution < 1.29 is 9.18 Å². The number of halogens is 2. The number of nitrogens with one attached hydrogen (secondary N) is 2. The number of rotatable bonds is 5. The molecule has 2 N–H and O–H groups in total. The molecule has 0 radical (unpaired) electrons. The first-order valence-electron chi connectivity index (χ1n) is 7.88. The average molecular weight is 391 g/mol. The summed E-state index contributed by atoms with van der Waals surface area (Å²) in [6.45, 7) is 1.88. The molecule has 1 amide bonds. The van der Waals surface area contributed by atoms with Crippen molar-refractivity contribution in [3.63, 3.8) is 0 Å². The number of aryl methyl sites for hydroxylation is 1. The second-order valence-corrected chi connectivity index (χ2v) is 7.24. The second-order valence-electron chi connectivity index (χ2n) is 5.82. The van der Waals surface area contributed by atoms with Gasteiger partial charge in [0.2, 0.25) is 5.91 Å². The lowest BCUT2D eigenvalue weighted by molar-refractivity contribution is -0.113. The summed E-state index contributed by atoms with van der Waals surface area (Å²) in [4.78, 5) is 27.1. The van der Waals surface area contributed by atoms with Gasteiger partial charge in [-0.25, -0.2) is 4.39 Å². The lowest BCUT2D eigenvalue weighted by atomic mass is 10.2. The Kier molecular flexibility index (Phi) is 5.64. The van der Waals surface area contributed by atoms with Crippen molar-refractivity contribution in [1.82, 2.24) is 4.98 Å². The van der Waals surface area contributed by atoms with Crippen molar-refractivity contribution in [2.75, 3.05) is 11.1 Å². The van der Waals surface area contributed by atoms with Crippen LogP contribution in [0.2, 0.25) is 5.02 Å². The van der Waals surface area contributed by atoms with Crippen LogP contribution in [-0.2, 0) is 10.5 Å². The van der Waals surface area contributed by atoms with Crippen LogP contribution >= 0.6 is 23.4 Å². The number of pyridine rings is 1. The Balaban J connectivity index is 1.64. The number of thioether (sulfide) groups is 1. The van der Waals surface area contributed by atoms with Crippen molar-refractivity contribution in [2.45, 2.75) is 12.7 Å². The summed E-state index contributed by atoms with van der Waals surface area (Å²) in [5, 5.41) is 3.67. The SMILES string of the molecule is Cc1ccc(Cl)cc1NC(=O)CSCc1cc(=O)c2cccc(F)c2[nH]1. The van der Waals surface area contributed by atoms with Crippen molar-refractivity contribution in [3.8, 4) is 0 Å². The average Bonchev–Trinajstić information content (AvgIpc) is 2.59. The van der Waals surface area contributed by atoms with Crippen LogP contribution in [0.4, 0.5) is 10.1 Å². The molecule has 0 saturated heterocycles. The number of aromatic nitrogens is 1. The summed E-state index contributed by atoms with van der Waals surface area (Å²) in [6.07, 6.45) is 0. The molecule has 7 heteroatoms. The minimum Gasteiger partial charge on any atom is -0.355 e. The maximum Gasteiger partial charge on any atom is 0.234 e. The smallest absolute Gasteiger partial charge is 0.234 e. The normalized spacial score (nSPS) is 10.9. The highest BCUT2D eigenvalue weighted by molar-refractivity contribution is 7.99. The number of aromatic amines is 1. The molecule has 4 nitrogen and oxygen atoms in total. The van der Waals surface area contributed by atoms with Gasteiger partial charge in [-0.05, 0) is 36.8 Å². The van der Waals surface area contributed by atoms with Crippen LogP contribution in [0.1, 0.15) is 11.3 Å². The topological polar surface area (TPSA) is 62.0 Å². The van der Waals surface area contributed by atoms with Gasteiger partial charge in [-0.1, -0.05) is 23.7 Å². The molecule has 0 unspecified atom stereocenters. The molecular formula is C19H16ClFN2O2S. The Labute approximate surface area is 158 Å². The highest BCUT2D eigenvalue weighted by Crippen LogP contribution is 2.21. The number of amides is 1. The Morgan fingerprint density at radius 1 is 1.27 bits per heavy atom. The number of fused-ring (bicyclic) bond motifs is 1. The van der Waals surface area contributed by atoms with E-state index in [1.165, 1.54) is 30.0 Å². The van der Waals surface area contributed by atoms with Crippen molar-refractivity contribution in [3.05, 3.63) is 74.8 Å². The zero-order valence-electron chi connectivity index (χ0n) is 13.9. The molecule has 3 aromatic rings. The van der Waals surface area contributed by atoms with Crippen LogP contribution in [0.3, 0.4) is 0 Å². The molecule has 1 heterocycles. The fraction of sp³-hybridized carbons (Fsp3) is 0.158. The maximum absolute atomic E-state index is 13.9. The number of hydrogen-bond donors (Lipinski definition) is 2. The third-order valence-electron chi connectivity index (χ3n) is 3.83. The first-order chi connectivity index (χ1) is 12.4.